The maximum Gasteiger partial charge on any atom is 0.349 e. The predicted octanol–water partition coefficient (Wildman–Crippen LogP) is 4.21. The number of methoxy groups -OCH3 is 4. The molecule has 28 heavy (non-hydrogen) atoms. The number of hydrogen-bond donors (Lipinski definition) is 1. The van der Waals surface area contributed by atoms with Gasteiger partial charge in [-0.2, -0.15) is 0 Å². The second kappa shape index (κ2) is 8.26. The molecule has 8 heteroatoms. The van der Waals surface area contributed by atoms with Crippen LogP contribution in [0.2, 0.25) is 0 Å². The molecule has 0 radical (unpaired) electrons. The van der Waals surface area contributed by atoms with Crippen LogP contribution in [0.1, 0.15) is 15.2 Å². The molecule has 2 aromatic carbocycles. The van der Waals surface area contributed by atoms with Gasteiger partial charge in [0.05, 0.1) is 28.4 Å². The van der Waals surface area contributed by atoms with Gasteiger partial charge in [0, 0.05) is 22.2 Å². The highest BCUT2D eigenvalue weighted by Gasteiger charge is 2.22. The molecule has 3 rings (SSSR count). The summed E-state index contributed by atoms with van der Waals surface area (Å²) >= 11 is 1.12. The van der Waals surface area contributed by atoms with Gasteiger partial charge in [-0.1, -0.05) is 0 Å². The van der Waals surface area contributed by atoms with E-state index in [1.54, 1.807) is 44.6 Å². The maximum atomic E-state index is 11.7. The molecule has 0 unspecified atom stereocenters. The van der Waals surface area contributed by atoms with Crippen molar-refractivity contribution in [2.24, 2.45) is 0 Å². The van der Waals surface area contributed by atoms with E-state index < -0.39 is 5.97 Å². The number of fused-ring (bicyclic) bond motifs is 1. The summed E-state index contributed by atoms with van der Waals surface area (Å²) in [7, 11) is 6.18. The zero-order valence-corrected chi connectivity index (χ0v) is 16.7. The topological polar surface area (TPSA) is 83.5 Å². The molecular formula is C20H20O7S. The molecule has 7 nitrogen and oxygen atoms in total. The van der Waals surface area contributed by atoms with Crippen LogP contribution in [0.15, 0.2) is 30.3 Å². The third kappa shape index (κ3) is 3.77. The van der Waals surface area contributed by atoms with Crippen LogP contribution in [0.4, 0.5) is 0 Å². The van der Waals surface area contributed by atoms with Gasteiger partial charge in [-0.25, -0.2) is 4.79 Å². The number of carboxylic acid groups (broad SMARTS) is 1. The highest BCUT2D eigenvalue weighted by Crippen LogP contribution is 2.43. The molecule has 0 saturated heterocycles. The van der Waals surface area contributed by atoms with E-state index in [9.17, 15) is 9.90 Å². The van der Waals surface area contributed by atoms with Gasteiger partial charge in [-0.05, 0) is 23.8 Å². The van der Waals surface area contributed by atoms with Gasteiger partial charge in [-0.15, -0.1) is 11.3 Å². The molecule has 0 fully saturated rings. The zero-order chi connectivity index (χ0) is 20.3. The van der Waals surface area contributed by atoms with Gasteiger partial charge in [-0.3, -0.25) is 0 Å². The Balaban J connectivity index is 2.02. The second-order valence-corrected chi connectivity index (χ2v) is 6.83. The van der Waals surface area contributed by atoms with Crippen LogP contribution in [0.3, 0.4) is 0 Å². The molecule has 148 valence electrons. The number of benzene rings is 2. The lowest BCUT2D eigenvalue weighted by atomic mass is 10.2. The molecule has 1 heterocycles. The lowest BCUT2D eigenvalue weighted by Crippen LogP contribution is -2.01. The first kappa shape index (κ1) is 19.6. The van der Waals surface area contributed by atoms with Crippen molar-refractivity contribution in [3.8, 4) is 28.7 Å². The summed E-state index contributed by atoms with van der Waals surface area (Å²) in [6.07, 6.45) is 0. The first-order valence-corrected chi connectivity index (χ1v) is 9.09. The van der Waals surface area contributed by atoms with Crippen molar-refractivity contribution < 1.29 is 33.6 Å². The van der Waals surface area contributed by atoms with E-state index in [0.29, 0.717) is 28.4 Å². The standard InChI is InChI=1S/C20H20O7S/c1-23-12-5-11(6-13(7-12)24-2)10-27-18-14-8-15(25-3)16(26-4)9-17(14)28-19(18)20(21)22/h5-9H,10H2,1-4H3,(H,21,22). The molecule has 0 bridgehead atoms. The summed E-state index contributed by atoms with van der Waals surface area (Å²) in [6.45, 7) is 0.147. The average molecular weight is 404 g/mol. The Hall–Kier alpha value is -3.13. The van der Waals surface area contributed by atoms with Crippen molar-refractivity contribution in [3.63, 3.8) is 0 Å². The Morgan fingerprint density at radius 1 is 0.893 bits per heavy atom. The highest BCUT2D eigenvalue weighted by atomic mass is 32.1. The van der Waals surface area contributed by atoms with Crippen LogP contribution in [0.25, 0.3) is 10.1 Å². The fourth-order valence-corrected chi connectivity index (χ4v) is 3.79. The monoisotopic (exact) mass is 404 g/mol. The Labute approximate surface area is 166 Å². The smallest absolute Gasteiger partial charge is 0.349 e. The van der Waals surface area contributed by atoms with E-state index in [-0.39, 0.29) is 17.2 Å². The summed E-state index contributed by atoms with van der Waals surface area (Å²) in [4.78, 5) is 11.9. The zero-order valence-electron chi connectivity index (χ0n) is 15.9. The van der Waals surface area contributed by atoms with Crippen molar-refractivity contribution in [1.82, 2.24) is 0 Å². The van der Waals surface area contributed by atoms with Gasteiger partial charge >= 0.3 is 5.97 Å². The Bertz CT molecular complexity index is 987. The number of aromatic carboxylic acids is 1. The minimum atomic E-state index is -1.06. The van der Waals surface area contributed by atoms with Crippen molar-refractivity contribution in [1.29, 1.82) is 0 Å². The molecule has 0 aliphatic heterocycles. The molecule has 0 spiro atoms. The quantitative estimate of drug-likeness (QED) is 0.602. The normalized spacial score (nSPS) is 10.6. The summed E-state index contributed by atoms with van der Waals surface area (Å²) in [5.41, 5.74) is 0.785. The molecule has 0 saturated carbocycles. The fraction of sp³-hybridized carbons (Fsp3) is 0.250. The van der Waals surface area contributed by atoms with Gasteiger partial charge < -0.3 is 28.8 Å². The molecule has 0 aliphatic rings. The minimum Gasteiger partial charge on any atom is -0.497 e. The Kier molecular flexibility index (Phi) is 5.79. The van der Waals surface area contributed by atoms with Crippen LogP contribution in [-0.4, -0.2) is 39.5 Å². The number of carbonyl (C=O) groups is 1. The van der Waals surface area contributed by atoms with E-state index >= 15 is 0 Å². The largest absolute Gasteiger partial charge is 0.497 e. The minimum absolute atomic E-state index is 0.111. The molecule has 1 N–H and O–H groups in total. The number of rotatable bonds is 8. The summed E-state index contributed by atoms with van der Waals surface area (Å²) in [5.74, 6) is 1.50. The molecule has 0 amide bonds. The van der Waals surface area contributed by atoms with E-state index in [1.807, 2.05) is 0 Å². The average Bonchev–Trinajstić information content (AvgIpc) is 3.08. The van der Waals surface area contributed by atoms with E-state index in [0.717, 1.165) is 21.6 Å². The lowest BCUT2D eigenvalue weighted by Gasteiger charge is -2.11. The van der Waals surface area contributed by atoms with Crippen LogP contribution >= 0.6 is 11.3 Å². The fourth-order valence-electron chi connectivity index (χ4n) is 2.79. The highest BCUT2D eigenvalue weighted by molar-refractivity contribution is 7.21. The first-order chi connectivity index (χ1) is 13.5. The van der Waals surface area contributed by atoms with Crippen LogP contribution in [-0.2, 0) is 6.61 Å². The van der Waals surface area contributed by atoms with Crippen LogP contribution in [0, 0.1) is 0 Å². The second-order valence-electron chi connectivity index (χ2n) is 5.78. The van der Waals surface area contributed by atoms with Gasteiger partial charge in [0.1, 0.15) is 18.1 Å². The number of ether oxygens (including phenoxy) is 5. The van der Waals surface area contributed by atoms with Crippen molar-refractivity contribution in [2.75, 3.05) is 28.4 Å². The molecular weight excluding hydrogens is 384 g/mol. The third-order valence-corrected chi connectivity index (χ3v) is 5.26. The van der Waals surface area contributed by atoms with Gasteiger partial charge in [0.15, 0.2) is 22.1 Å². The van der Waals surface area contributed by atoms with Crippen LogP contribution in [0.5, 0.6) is 28.7 Å². The first-order valence-electron chi connectivity index (χ1n) is 8.27. The third-order valence-electron chi connectivity index (χ3n) is 4.14. The summed E-state index contributed by atoms with van der Waals surface area (Å²) < 4.78 is 27.8. The number of carboxylic acids is 1. The number of hydrogen-bond acceptors (Lipinski definition) is 7. The van der Waals surface area contributed by atoms with E-state index in [2.05, 4.69) is 0 Å². The summed E-state index contributed by atoms with van der Waals surface area (Å²) in [6, 6.07) is 8.83. The molecule has 1 aromatic heterocycles. The predicted molar refractivity (Wildman–Crippen MR) is 106 cm³/mol. The van der Waals surface area contributed by atoms with Crippen molar-refractivity contribution in [2.45, 2.75) is 6.61 Å². The van der Waals surface area contributed by atoms with E-state index in [4.69, 9.17) is 23.7 Å². The van der Waals surface area contributed by atoms with Gasteiger partial charge in [0.2, 0.25) is 0 Å². The Morgan fingerprint density at radius 2 is 1.50 bits per heavy atom. The van der Waals surface area contributed by atoms with Crippen molar-refractivity contribution in [3.05, 3.63) is 40.8 Å². The van der Waals surface area contributed by atoms with Crippen molar-refractivity contribution >= 4 is 27.4 Å². The lowest BCUT2D eigenvalue weighted by molar-refractivity contribution is 0.0698. The van der Waals surface area contributed by atoms with Crippen LogP contribution < -0.4 is 23.7 Å². The molecule has 0 aliphatic carbocycles. The number of thiophene rings is 1. The molecule has 0 atom stereocenters. The summed E-state index contributed by atoms with van der Waals surface area (Å²) in [5, 5.41) is 10.3. The Morgan fingerprint density at radius 3 is 2.04 bits per heavy atom. The van der Waals surface area contributed by atoms with E-state index in [1.165, 1.54) is 14.2 Å². The SMILES string of the molecule is COc1cc(COc2c(C(=O)O)sc3cc(OC)c(OC)cc23)cc(OC)c1. The molecule has 3 aromatic rings. The van der Waals surface area contributed by atoms with Gasteiger partial charge in [0.25, 0.3) is 0 Å². The maximum absolute atomic E-state index is 11.7.